The highest BCUT2D eigenvalue weighted by Crippen LogP contribution is 2.68. The maximum absolute atomic E-state index is 12.5. The van der Waals surface area contributed by atoms with Gasteiger partial charge in [-0.2, -0.15) is 0 Å². The molecule has 1 aliphatic heterocycles. The molecule has 0 amide bonds. The predicted molar refractivity (Wildman–Crippen MR) is 80.1 cm³/mol. The molecular weight excluding hydrogens is 302 g/mol. The third-order valence-corrected chi connectivity index (χ3v) is 6.98. The van der Waals surface area contributed by atoms with E-state index in [0.717, 1.165) is 39.3 Å². The van der Waals surface area contributed by atoms with Gasteiger partial charge in [0, 0.05) is 0 Å². The summed E-state index contributed by atoms with van der Waals surface area (Å²) in [6.07, 6.45) is 3.50. The molecule has 0 aromatic heterocycles. The van der Waals surface area contributed by atoms with Crippen molar-refractivity contribution in [3.8, 4) is 0 Å². The van der Waals surface area contributed by atoms with Crippen molar-refractivity contribution in [2.45, 2.75) is 40.0 Å². The van der Waals surface area contributed by atoms with Crippen molar-refractivity contribution in [1.82, 2.24) is 0 Å². The third-order valence-electron chi connectivity index (χ3n) is 6.98. The van der Waals surface area contributed by atoms with Crippen molar-refractivity contribution in [1.29, 1.82) is 0 Å². The van der Waals surface area contributed by atoms with Crippen molar-refractivity contribution < 1.29 is 31.6 Å². The van der Waals surface area contributed by atoms with Crippen LogP contribution >= 0.6 is 0 Å². The second-order valence-corrected chi connectivity index (χ2v) is 7.94. The Morgan fingerprint density at radius 2 is 1.95 bits per heavy atom. The van der Waals surface area contributed by atoms with Gasteiger partial charge in [-0.1, -0.05) is 20.8 Å². The molecule has 5 heteroatoms. The maximum atomic E-state index is 12.5. The highest BCUT2D eigenvalue weighted by atomic mass is 35.5. The number of carbonyl (C=O) groups is 1. The van der Waals surface area contributed by atoms with E-state index >= 15 is 0 Å². The predicted octanol–water partition coefficient (Wildman–Crippen LogP) is -2.09. The summed E-state index contributed by atoms with van der Waals surface area (Å²) in [5.41, 5.74) is 0.423. The molecular formula is C17H30ClNO3. The molecule has 0 aromatic rings. The lowest BCUT2D eigenvalue weighted by Gasteiger charge is -2.38. The fourth-order valence-electron chi connectivity index (χ4n) is 4.87. The lowest BCUT2D eigenvalue weighted by Crippen LogP contribution is -3.14. The number of morpholine rings is 1. The summed E-state index contributed by atoms with van der Waals surface area (Å²) in [4.78, 5) is 14.0. The van der Waals surface area contributed by atoms with Crippen LogP contribution in [0.15, 0.2) is 0 Å². The minimum absolute atomic E-state index is 0. The van der Waals surface area contributed by atoms with Gasteiger partial charge >= 0.3 is 5.97 Å². The lowest BCUT2D eigenvalue weighted by atomic mass is 9.67. The Morgan fingerprint density at radius 1 is 1.27 bits per heavy atom. The number of ether oxygens (including phenoxy) is 2. The fraction of sp³-hybridized carbons (Fsp3) is 0.941. The molecule has 2 bridgehead atoms. The molecule has 2 aliphatic carbocycles. The van der Waals surface area contributed by atoms with E-state index in [2.05, 4.69) is 20.8 Å². The second kappa shape index (κ2) is 6.66. The highest BCUT2D eigenvalue weighted by molar-refractivity contribution is 5.74. The zero-order valence-electron chi connectivity index (χ0n) is 14.1. The average Bonchev–Trinajstić information content (AvgIpc) is 2.81. The standard InChI is InChI=1S/C17H29NO3.ClH/c1-16(2)13-4-5-17(16,3)14(12-13)15(19)21-11-8-18-6-9-20-10-7-18;/h13-14H,4-12H2,1-3H3;1H. The van der Waals surface area contributed by atoms with Gasteiger partial charge in [0.1, 0.15) is 26.2 Å². The Labute approximate surface area is 140 Å². The van der Waals surface area contributed by atoms with Crippen LogP contribution in [0.4, 0.5) is 0 Å². The van der Waals surface area contributed by atoms with E-state index in [1.165, 1.54) is 17.7 Å². The molecule has 3 aliphatic rings. The number of fused-ring (bicyclic) bond motifs is 2. The number of rotatable bonds is 4. The summed E-state index contributed by atoms with van der Waals surface area (Å²) in [5, 5.41) is 0. The van der Waals surface area contributed by atoms with E-state index in [1.807, 2.05) is 0 Å². The molecule has 3 rings (SSSR count). The minimum atomic E-state index is 0. The van der Waals surface area contributed by atoms with E-state index < -0.39 is 0 Å². The third kappa shape index (κ3) is 2.90. The zero-order valence-corrected chi connectivity index (χ0v) is 14.9. The highest BCUT2D eigenvalue weighted by Gasteiger charge is 2.63. The minimum Gasteiger partial charge on any atom is -1.00 e. The summed E-state index contributed by atoms with van der Waals surface area (Å²) in [6.45, 7) is 12.2. The largest absolute Gasteiger partial charge is 1.00 e. The number of hydrogen-bond acceptors (Lipinski definition) is 3. The second-order valence-electron chi connectivity index (χ2n) is 7.94. The normalized spacial score (nSPS) is 36.9. The smallest absolute Gasteiger partial charge is 0.309 e. The number of halogens is 1. The number of quaternary nitrogens is 1. The zero-order chi connectivity index (χ0) is 15.1. The molecule has 22 heavy (non-hydrogen) atoms. The van der Waals surface area contributed by atoms with Gasteiger partial charge < -0.3 is 26.8 Å². The van der Waals surface area contributed by atoms with Crippen LogP contribution in [0, 0.1) is 22.7 Å². The number of hydrogen-bond donors (Lipinski definition) is 1. The summed E-state index contributed by atoms with van der Waals surface area (Å²) in [5.74, 6) is 0.872. The Morgan fingerprint density at radius 3 is 2.50 bits per heavy atom. The van der Waals surface area contributed by atoms with Crippen molar-refractivity contribution in [3.05, 3.63) is 0 Å². The number of nitrogens with one attached hydrogen (secondary N) is 1. The molecule has 0 aromatic carbocycles. The molecule has 1 heterocycles. The molecule has 4 nitrogen and oxygen atoms in total. The monoisotopic (exact) mass is 331 g/mol. The molecule has 2 saturated carbocycles. The van der Waals surface area contributed by atoms with Gasteiger partial charge in [-0.05, 0) is 36.0 Å². The van der Waals surface area contributed by atoms with E-state index in [-0.39, 0.29) is 35.1 Å². The summed E-state index contributed by atoms with van der Waals surface area (Å²) in [6, 6.07) is 0. The molecule has 1 N–H and O–H groups in total. The molecule has 3 atom stereocenters. The Kier molecular flexibility index (Phi) is 5.46. The van der Waals surface area contributed by atoms with Crippen LogP contribution in [0.5, 0.6) is 0 Å². The van der Waals surface area contributed by atoms with Crippen LogP contribution in [0.1, 0.15) is 40.0 Å². The van der Waals surface area contributed by atoms with Crippen LogP contribution in [-0.4, -0.2) is 45.4 Å². The molecule has 3 fully saturated rings. The molecule has 0 radical (unpaired) electrons. The van der Waals surface area contributed by atoms with Gasteiger partial charge in [0.15, 0.2) is 0 Å². The average molecular weight is 332 g/mol. The van der Waals surface area contributed by atoms with Crippen LogP contribution in [-0.2, 0) is 14.3 Å². The van der Waals surface area contributed by atoms with E-state index in [9.17, 15) is 4.79 Å². The molecule has 3 unspecified atom stereocenters. The number of carbonyl (C=O) groups excluding carboxylic acids is 1. The maximum Gasteiger partial charge on any atom is 0.309 e. The van der Waals surface area contributed by atoms with Crippen LogP contribution in [0.3, 0.4) is 0 Å². The van der Waals surface area contributed by atoms with Gasteiger partial charge in [-0.25, -0.2) is 0 Å². The quantitative estimate of drug-likeness (QED) is 0.601. The Hall–Kier alpha value is -0.320. The summed E-state index contributed by atoms with van der Waals surface area (Å²) >= 11 is 0. The topological polar surface area (TPSA) is 40.0 Å². The first-order valence-electron chi connectivity index (χ1n) is 8.53. The Balaban J connectivity index is 0.00000176. The SMILES string of the molecule is CC1(C)C2CCC1(C)C(C(=O)OCC[NH+]1CCOCC1)C2.[Cl-]. The van der Waals surface area contributed by atoms with Gasteiger partial charge in [0.25, 0.3) is 0 Å². The molecule has 1 saturated heterocycles. The van der Waals surface area contributed by atoms with Gasteiger partial charge in [0.05, 0.1) is 19.1 Å². The van der Waals surface area contributed by atoms with Gasteiger partial charge in [-0.3, -0.25) is 4.79 Å². The van der Waals surface area contributed by atoms with E-state index in [4.69, 9.17) is 9.47 Å². The van der Waals surface area contributed by atoms with Gasteiger partial charge in [0.2, 0.25) is 0 Å². The first-order chi connectivity index (χ1) is 9.95. The first-order valence-corrected chi connectivity index (χ1v) is 8.53. The summed E-state index contributed by atoms with van der Waals surface area (Å²) < 4.78 is 11.0. The van der Waals surface area contributed by atoms with Crippen LogP contribution in [0.25, 0.3) is 0 Å². The number of esters is 1. The van der Waals surface area contributed by atoms with Crippen LogP contribution < -0.4 is 17.3 Å². The van der Waals surface area contributed by atoms with Crippen molar-refractivity contribution in [2.24, 2.45) is 22.7 Å². The van der Waals surface area contributed by atoms with Crippen molar-refractivity contribution in [2.75, 3.05) is 39.5 Å². The van der Waals surface area contributed by atoms with E-state index in [1.54, 1.807) is 0 Å². The van der Waals surface area contributed by atoms with Gasteiger partial charge in [-0.15, -0.1) is 0 Å². The van der Waals surface area contributed by atoms with E-state index in [0.29, 0.717) is 12.5 Å². The molecule has 0 spiro atoms. The fourth-order valence-corrected chi connectivity index (χ4v) is 4.87. The van der Waals surface area contributed by atoms with Crippen molar-refractivity contribution in [3.63, 3.8) is 0 Å². The summed E-state index contributed by atoms with van der Waals surface area (Å²) in [7, 11) is 0. The first kappa shape index (κ1) is 18.0. The Bertz CT molecular complexity index is 409. The lowest BCUT2D eigenvalue weighted by molar-refractivity contribution is -0.908. The van der Waals surface area contributed by atoms with Crippen molar-refractivity contribution >= 4 is 5.97 Å². The molecule has 128 valence electrons. The van der Waals surface area contributed by atoms with Crippen LogP contribution in [0.2, 0.25) is 0 Å².